The summed E-state index contributed by atoms with van der Waals surface area (Å²) >= 11 is 0. The molecule has 15 heavy (non-hydrogen) atoms. The van der Waals surface area contributed by atoms with Crippen molar-refractivity contribution in [3.8, 4) is 0 Å². The molecule has 0 radical (unpaired) electrons. The molecule has 0 aromatic rings. The van der Waals surface area contributed by atoms with Crippen LogP contribution in [0.25, 0.3) is 0 Å². The van der Waals surface area contributed by atoms with Crippen LogP contribution in [0.2, 0.25) is 0 Å². The van der Waals surface area contributed by atoms with E-state index in [1.54, 1.807) is 0 Å². The maximum atomic E-state index is 9.84. The Morgan fingerprint density at radius 2 is 1.67 bits per heavy atom. The highest BCUT2D eigenvalue weighted by molar-refractivity contribution is 5.80. The average Bonchev–Trinajstić information content (AvgIpc) is 2.23. The van der Waals surface area contributed by atoms with Crippen molar-refractivity contribution in [2.45, 2.75) is 51.9 Å². The van der Waals surface area contributed by atoms with Crippen molar-refractivity contribution in [2.75, 3.05) is 7.11 Å². The number of methoxy groups -OCH3 is 1. The summed E-state index contributed by atoms with van der Waals surface area (Å²) in [6.45, 7) is 5.55. The molecule has 0 amide bonds. The zero-order valence-corrected chi connectivity index (χ0v) is 10.1. The number of carbonyl (C=O) groups is 1. The van der Waals surface area contributed by atoms with E-state index in [0.717, 1.165) is 12.0 Å². The van der Waals surface area contributed by atoms with Crippen molar-refractivity contribution in [1.82, 2.24) is 0 Å². The summed E-state index contributed by atoms with van der Waals surface area (Å²) in [5, 5.41) is 0. The molecule has 0 spiro atoms. The van der Waals surface area contributed by atoms with Gasteiger partial charge >= 0.3 is 5.97 Å². The van der Waals surface area contributed by atoms with Crippen LogP contribution in [0.3, 0.4) is 0 Å². The summed E-state index contributed by atoms with van der Waals surface area (Å²) < 4.78 is 4.14. The highest BCUT2D eigenvalue weighted by atomic mass is 16.5. The summed E-state index contributed by atoms with van der Waals surface area (Å²) in [5.74, 6) is 0.625. The van der Waals surface area contributed by atoms with Crippen molar-refractivity contribution in [3.05, 3.63) is 12.7 Å². The van der Waals surface area contributed by atoms with Gasteiger partial charge in [0.15, 0.2) is 0 Å². The van der Waals surface area contributed by atoms with Crippen LogP contribution in [0.15, 0.2) is 12.7 Å². The quantitative estimate of drug-likeness (QED) is 0.489. The molecule has 0 saturated heterocycles. The van der Waals surface area contributed by atoms with E-state index in [4.69, 9.17) is 0 Å². The normalized spacial score (nSPS) is 17.7. The summed E-state index contributed by atoms with van der Waals surface area (Å²) in [6, 6.07) is 0. The Bertz CT molecular complexity index is 167. The maximum Gasteiger partial charge on any atom is 0.329 e. The summed E-state index contributed by atoms with van der Waals surface area (Å²) in [6.07, 6.45) is 11.5. The molecule has 0 aromatic heterocycles. The van der Waals surface area contributed by atoms with Crippen LogP contribution < -0.4 is 0 Å². The van der Waals surface area contributed by atoms with Gasteiger partial charge in [0, 0.05) is 6.08 Å². The van der Waals surface area contributed by atoms with E-state index in [2.05, 4.69) is 18.2 Å². The van der Waals surface area contributed by atoms with Crippen molar-refractivity contribution in [2.24, 2.45) is 5.92 Å². The van der Waals surface area contributed by atoms with Gasteiger partial charge in [-0.25, -0.2) is 4.79 Å². The summed E-state index contributed by atoms with van der Waals surface area (Å²) in [5.41, 5.74) is 0. The molecule has 1 fully saturated rings. The van der Waals surface area contributed by atoms with Crippen LogP contribution >= 0.6 is 0 Å². The highest BCUT2D eigenvalue weighted by Gasteiger charge is 2.04. The van der Waals surface area contributed by atoms with Gasteiger partial charge in [-0.2, -0.15) is 0 Å². The Labute approximate surface area is 93.7 Å². The topological polar surface area (TPSA) is 26.3 Å². The fourth-order valence-corrected chi connectivity index (χ4v) is 1.74. The molecule has 88 valence electrons. The van der Waals surface area contributed by atoms with Gasteiger partial charge < -0.3 is 4.74 Å². The molecule has 2 heteroatoms. The van der Waals surface area contributed by atoms with Crippen LogP contribution in [0.1, 0.15) is 51.9 Å². The van der Waals surface area contributed by atoms with Gasteiger partial charge in [-0.3, -0.25) is 0 Å². The lowest BCUT2D eigenvalue weighted by atomic mass is 9.93. The van der Waals surface area contributed by atoms with Gasteiger partial charge in [0.25, 0.3) is 0 Å². The third kappa shape index (κ3) is 9.51. The maximum absolute atomic E-state index is 9.84. The molecule has 0 aromatic carbocycles. The van der Waals surface area contributed by atoms with Crippen LogP contribution in [0, 0.1) is 5.92 Å². The number of rotatable bonds is 1. The molecule has 0 N–H and O–H groups in total. The Balaban J connectivity index is 0.000000288. The van der Waals surface area contributed by atoms with E-state index in [1.807, 2.05) is 0 Å². The first kappa shape index (κ1) is 14.2. The molecule has 1 saturated carbocycles. The van der Waals surface area contributed by atoms with Gasteiger partial charge in [-0.15, -0.1) is 0 Å². The van der Waals surface area contributed by atoms with Crippen molar-refractivity contribution >= 4 is 5.97 Å². The smallest absolute Gasteiger partial charge is 0.329 e. The Morgan fingerprint density at radius 3 is 2.00 bits per heavy atom. The van der Waals surface area contributed by atoms with E-state index in [-0.39, 0.29) is 0 Å². The molecular formula is C13H24O2. The molecule has 0 heterocycles. The molecule has 0 bridgehead atoms. The predicted molar refractivity (Wildman–Crippen MR) is 63.7 cm³/mol. The second kappa shape index (κ2) is 9.75. The number of hydrogen-bond donors (Lipinski definition) is 0. The number of hydrogen-bond acceptors (Lipinski definition) is 2. The number of ether oxygens (including phenoxy) is 1. The standard InChI is InChI=1S/C9H18.C4H6O2/c1-9-7-5-3-2-4-6-8-9;1-3-4(5)6-2/h9H,2-8H2,1H3;3H,1H2,2H3. The van der Waals surface area contributed by atoms with Crippen molar-refractivity contribution in [1.29, 1.82) is 0 Å². The molecule has 0 unspecified atom stereocenters. The fraction of sp³-hybridized carbons (Fsp3) is 0.769. The second-order valence-electron chi connectivity index (χ2n) is 4.18. The largest absolute Gasteiger partial charge is 0.466 e. The molecule has 1 rings (SSSR count). The number of carbonyl (C=O) groups excluding carboxylic acids is 1. The average molecular weight is 212 g/mol. The third-order valence-corrected chi connectivity index (χ3v) is 2.76. The third-order valence-electron chi connectivity index (χ3n) is 2.76. The first-order chi connectivity index (χ1) is 7.20. The molecule has 1 aliphatic rings. The van der Waals surface area contributed by atoms with Crippen molar-refractivity contribution < 1.29 is 9.53 Å². The van der Waals surface area contributed by atoms with E-state index < -0.39 is 5.97 Å². The summed E-state index contributed by atoms with van der Waals surface area (Å²) in [7, 11) is 1.31. The van der Waals surface area contributed by atoms with E-state index >= 15 is 0 Å². The molecule has 0 aliphatic heterocycles. The fourth-order valence-electron chi connectivity index (χ4n) is 1.74. The van der Waals surface area contributed by atoms with Gasteiger partial charge in [0.2, 0.25) is 0 Å². The lowest BCUT2D eigenvalue weighted by Gasteiger charge is -2.13. The second-order valence-corrected chi connectivity index (χ2v) is 4.18. The Kier molecular flexibility index (Phi) is 9.24. The van der Waals surface area contributed by atoms with Crippen LogP contribution in [-0.2, 0) is 9.53 Å². The lowest BCUT2D eigenvalue weighted by molar-refractivity contribution is -0.134. The molecule has 0 atom stereocenters. The molecule has 1 aliphatic carbocycles. The monoisotopic (exact) mass is 212 g/mol. The van der Waals surface area contributed by atoms with Crippen LogP contribution in [0.5, 0.6) is 0 Å². The molecular weight excluding hydrogens is 188 g/mol. The van der Waals surface area contributed by atoms with Crippen LogP contribution in [-0.4, -0.2) is 13.1 Å². The minimum Gasteiger partial charge on any atom is -0.466 e. The minimum atomic E-state index is -0.394. The van der Waals surface area contributed by atoms with E-state index in [9.17, 15) is 4.79 Å². The SMILES string of the molecule is C=CC(=O)OC.CC1CCCCCCC1. The lowest BCUT2D eigenvalue weighted by Crippen LogP contribution is -1.97. The first-order valence-electron chi connectivity index (χ1n) is 5.91. The van der Waals surface area contributed by atoms with Gasteiger partial charge in [-0.1, -0.05) is 58.4 Å². The summed E-state index contributed by atoms with van der Waals surface area (Å²) in [4.78, 5) is 9.84. The van der Waals surface area contributed by atoms with Gasteiger partial charge in [-0.05, 0) is 5.92 Å². The Hall–Kier alpha value is -0.790. The number of esters is 1. The predicted octanol–water partition coefficient (Wildman–Crippen LogP) is 3.71. The first-order valence-corrected chi connectivity index (χ1v) is 5.91. The van der Waals surface area contributed by atoms with Crippen LogP contribution in [0.4, 0.5) is 0 Å². The van der Waals surface area contributed by atoms with E-state index in [0.29, 0.717) is 0 Å². The Morgan fingerprint density at radius 1 is 1.20 bits per heavy atom. The van der Waals surface area contributed by atoms with E-state index in [1.165, 1.54) is 52.1 Å². The molecule has 2 nitrogen and oxygen atoms in total. The minimum absolute atomic E-state index is 0.394. The zero-order chi connectivity index (χ0) is 11.5. The van der Waals surface area contributed by atoms with Gasteiger partial charge in [0.1, 0.15) is 0 Å². The van der Waals surface area contributed by atoms with Gasteiger partial charge in [0.05, 0.1) is 7.11 Å². The highest BCUT2D eigenvalue weighted by Crippen LogP contribution is 2.20. The zero-order valence-electron chi connectivity index (χ0n) is 10.1. The van der Waals surface area contributed by atoms with Crippen molar-refractivity contribution in [3.63, 3.8) is 0 Å².